The van der Waals surface area contributed by atoms with Crippen molar-refractivity contribution in [2.24, 2.45) is 0 Å². The average molecular weight is 612 g/mol. The highest BCUT2D eigenvalue weighted by Gasteiger charge is 2.21. The molecule has 0 radical (unpaired) electrons. The van der Waals surface area contributed by atoms with Crippen LogP contribution in [0.3, 0.4) is 0 Å². The molecule has 9 aromatic carbocycles. The van der Waals surface area contributed by atoms with Crippen LogP contribution in [0.25, 0.3) is 76.2 Å². The molecule has 0 saturated heterocycles. The van der Waals surface area contributed by atoms with E-state index in [1.165, 1.54) is 59.6 Å². The fourth-order valence-corrected chi connectivity index (χ4v) is 7.65. The fraction of sp³-hybridized carbons (Fsp3) is 0. The maximum atomic E-state index is 6.37. The zero-order valence-corrected chi connectivity index (χ0v) is 26.1. The Kier molecular flexibility index (Phi) is 5.91. The number of hydrogen-bond acceptors (Lipinski definition) is 2. The molecule has 1 heterocycles. The predicted molar refractivity (Wildman–Crippen MR) is 204 cm³/mol. The highest BCUT2D eigenvalue weighted by molar-refractivity contribution is 6.36. The molecule has 0 amide bonds. The summed E-state index contributed by atoms with van der Waals surface area (Å²) in [5.74, 6) is 0. The molecule has 0 N–H and O–H groups in total. The molecular weight excluding hydrogens is 583 g/mol. The smallest absolute Gasteiger partial charge is 0.136 e. The van der Waals surface area contributed by atoms with Crippen LogP contribution in [-0.2, 0) is 0 Å². The lowest BCUT2D eigenvalue weighted by molar-refractivity contribution is 0.669. The molecule has 10 aromatic rings. The third-order valence-electron chi connectivity index (χ3n) is 9.81. The molecule has 2 heteroatoms. The lowest BCUT2D eigenvalue weighted by Gasteiger charge is -2.28. The number of hydrogen-bond donors (Lipinski definition) is 0. The largest absolute Gasteiger partial charge is 0.456 e. The summed E-state index contributed by atoms with van der Waals surface area (Å²) in [5, 5.41) is 12.1. The molecule has 0 unspecified atom stereocenters. The first-order valence-electron chi connectivity index (χ1n) is 16.4. The van der Waals surface area contributed by atoms with Gasteiger partial charge < -0.3 is 9.32 Å². The number of anilines is 3. The molecule has 224 valence electrons. The van der Waals surface area contributed by atoms with E-state index in [-0.39, 0.29) is 0 Å². The van der Waals surface area contributed by atoms with Gasteiger partial charge in [-0.25, -0.2) is 0 Å². The van der Waals surface area contributed by atoms with Gasteiger partial charge in [0.25, 0.3) is 0 Å². The van der Waals surface area contributed by atoms with Gasteiger partial charge in [0.2, 0.25) is 0 Å². The molecule has 0 aliphatic rings. The van der Waals surface area contributed by atoms with E-state index >= 15 is 0 Å². The predicted octanol–water partition coefficient (Wildman–Crippen LogP) is 13.3. The summed E-state index contributed by atoms with van der Waals surface area (Å²) in [6, 6.07) is 63.3. The van der Waals surface area contributed by atoms with Crippen LogP contribution in [-0.4, -0.2) is 0 Å². The van der Waals surface area contributed by atoms with Gasteiger partial charge in [-0.3, -0.25) is 0 Å². The van der Waals surface area contributed by atoms with E-state index in [1.54, 1.807) is 0 Å². The molecule has 0 spiro atoms. The number of para-hydroxylation sites is 1. The monoisotopic (exact) mass is 611 g/mol. The quantitative estimate of drug-likeness (QED) is 0.184. The van der Waals surface area contributed by atoms with E-state index in [4.69, 9.17) is 4.42 Å². The minimum atomic E-state index is 0.916. The van der Waals surface area contributed by atoms with E-state index in [9.17, 15) is 0 Å². The summed E-state index contributed by atoms with van der Waals surface area (Å²) in [4.78, 5) is 2.42. The van der Waals surface area contributed by atoms with E-state index in [0.717, 1.165) is 33.6 Å². The van der Waals surface area contributed by atoms with Crippen LogP contribution in [0.15, 0.2) is 180 Å². The summed E-state index contributed by atoms with van der Waals surface area (Å²) in [5.41, 5.74) is 7.61. The van der Waals surface area contributed by atoms with E-state index in [0.29, 0.717) is 0 Å². The number of benzene rings is 9. The maximum Gasteiger partial charge on any atom is 0.136 e. The van der Waals surface area contributed by atoms with Gasteiger partial charge in [-0.05, 0) is 92.0 Å². The minimum absolute atomic E-state index is 0.916. The van der Waals surface area contributed by atoms with Crippen LogP contribution in [0, 0.1) is 0 Å². The van der Waals surface area contributed by atoms with Crippen LogP contribution in [0.1, 0.15) is 0 Å². The van der Waals surface area contributed by atoms with Crippen molar-refractivity contribution in [2.75, 3.05) is 4.90 Å². The van der Waals surface area contributed by atoms with Crippen LogP contribution in [0.4, 0.5) is 17.1 Å². The molecule has 48 heavy (non-hydrogen) atoms. The Morgan fingerprint density at radius 1 is 0.333 bits per heavy atom. The third kappa shape index (κ3) is 4.06. The summed E-state index contributed by atoms with van der Waals surface area (Å²) in [7, 11) is 0. The molecule has 10 rings (SSSR count). The summed E-state index contributed by atoms with van der Waals surface area (Å²) < 4.78 is 6.37. The first-order chi connectivity index (χ1) is 23.8. The molecule has 0 bridgehead atoms. The average Bonchev–Trinajstić information content (AvgIpc) is 3.54. The summed E-state index contributed by atoms with van der Waals surface area (Å²) in [6.07, 6.45) is 0. The molecular formula is C46H29NO. The van der Waals surface area contributed by atoms with Crippen LogP contribution in [0.5, 0.6) is 0 Å². The normalized spacial score (nSPS) is 11.8. The molecule has 2 nitrogen and oxygen atoms in total. The maximum absolute atomic E-state index is 6.37. The molecule has 0 aliphatic carbocycles. The number of fused-ring (bicyclic) bond motifs is 11. The van der Waals surface area contributed by atoms with Gasteiger partial charge in [0, 0.05) is 32.9 Å². The van der Waals surface area contributed by atoms with Crippen LogP contribution < -0.4 is 4.90 Å². The van der Waals surface area contributed by atoms with Crippen LogP contribution in [0.2, 0.25) is 0 Å². The zero-order valence-electron chi connectivity index (χ0n) is 26.1. The number of rotatable bonds is 4. The Bertz CT molecular complexity index is 2800. The minimum Gasteiger partial charge on any atom is -0.456 e. The SMILES string of the molecule is c1ccc(-c2ccc(N(c3ccc4ccccc4c3)c3cccc4c5ccc6oc7ccccc7c6c5c5ccccc5c34)cc2)cc1. The Morgan fingerprint density at radius 3 is 1.75 bits per heavy atom. The van der Waals surface area contributed by atoms with E-state index < -0.39 is 0 Å². The van der Waals surface area contributed by atoms with Crippen molar-refractivity contribution in [3.8, 4) is 11.1 Å². The van der Waals surface area contributed by atoms with Gasteiger partial charge >= 0.3 is 0 Å². The molecule has 0 atom stereocenters. The van der Waals surface area contributed by atoms with Crippen molar-refractivity contribution in [1.82, 2.24) is 0 Å². The van der Waals surface area contributed by atoms with Crippen molar-refractivity contribution in [3.05, 3.63) is 176 Å². The lowest BCUT2D eigenvalue weighted by Crippen LogP contribution is -2.10. The molecule has 1 aromatic heterocycles. The van der Waals surface area contributed by atoms with Crippen LogP contribution >= 0.6 is 0 Å². The Labute approximate surface area is 277 Å². The Hall–Kier alpha value is -6.38. The first kappa shape index (κ1) is 26.8. The van der Waals surface area contributed by atoms with E-state index in [1.807, 2.05) is 6.07 Å². The van der Waals surface area contributed by atoms with Gasteiger partial charge in [0.05, 0.1) is 5.69 Å². The zero-order chi connectivity index (χ0) is 31.6. The van der Waals surface area contributed by atoms with E-state index in [2.05, 4.69) is 175 Å². The highest BCUT2D eigenvalue weighted by Crippen LogP contribution is 2.47. The van der Waals surface area contributed by atoms with Crippen molar-refractivity contribution >= 4 is 82.1 Å². The molecule has 0 fully saturated rings. The van der Waals surface area contributed by atoms with Gasteiger partial charge in [0.1, 0.15) is 11.2 Å². The van der Waals surface area contributed by atoms with Crippen molar-refractivity contribution in [2.45, 2.75) is 0 Å². The van der Waals surface area contributed by atoms with Gasteiger partial charge in [-0.1, -0.05) is 127 Å². The molecule has 0 aliphatic heterocycles. The van der Waals surface area contributed by atoms with Gasteiger partial charge in [0.15, 0.2) is 0 Å². The Morgan fingerprint density at radius 2 is 0.938 bits per heavy atom. The summed E-state index contributed by atoms with van der Waals surface area (Å²) in [6.45, 7) is 0. The number of nitrogens with zero attached hydrogens (tertiary/aromatic N) is 1. The highest BCUT2D eigenvalue weighted by atomic mass is 16.3. The second-order valence-corrected chi connectivity index (χ2v) is 12.5. The fourth-order valence-electron chi connectivity index (χ4n) is 7.65. The van der Waals surface area contributed by atoms with Gasteiger partial charge in [-0.15, -0.1) is 0 Å². The van der Waals surface area contributed by atoms with Crippen molar-refractivity contribution in [3.63, 3.8) is 0 Å². The lowest BCUT2D eigenvalue weighted by atomic mass is 9.90. The standard InChI is InChI=1S/C46H29NO/c1-2-11-30(12-3-1)32-21-24-34(25-22-32)47(35-26-23-31-13-4-5-14-33(31)29-35)41-19-10-18-37-39-27-28-43-46(40-17-8-9-20-42(40)48-43)45(39)38-16-7-6-15-36(38)44(37)41/h1-29H. The van der Waals surface area contributed by atoms with Crippen molar-refractivity contribution in [1.29, 1.82) is 0 Å². The second-order valence-electron chi connectivity index (χ2n) is 12.5. The molecule has 0 saturated carbocycles. The first-order valence-corrected chi connectivity index (χ1v) is 16.4. The third-order valence-corrected chi connectivity index (χ3v) is 9.81. The number of furan rings is 1. The van der Waals surface area contributed by atoms with Gasteiger partial charge in [-0.2, -0.15) is 0 Å². The van der Waals surface area contributed by atoms with Crippen molar-refractivity contribution < 1.29 is 4.42 Å². The summed E-state index contributed by atoms with van der Waals surface area (Å²) >= 11 is 0. The second kappa shape index (κ2) is 10.6. The topological polar surface area (TPSA) is 16.4 Å². The Balaban J connectivity index is 1.30.